The highest BCUT2D eigenvalue weighted by Gasteiger charge is 2.18. The molecule has 0 saturated carbocycles. The predicted octanol–water partition coefficient (Wildman–Crippen LogP) is 2.19. The lowest BCUT2D eigenvalue weighted by Gasteiger charge is -2.23. The van der Waals surface area contributed by atoms with Crippen molar-refractivity contribution in [1.82, 2.24) is 5.32 Å². The van der Waals surface area contributed by atoms with E-state index in [0.717, 1.165) is 9.75 Å². The van der Waals surface area contributed by atoms with Crippen molar-refractivity contribution in [1.29, 1.82) is 0 Å². The number of carbonyl (C=O) groups excluding carboxylic acids is 1. The van der Waals surface area contributed by atoms with Crippen LogP contribution in [0.1, 0.15) is 34.8 Å². The van der Waals surface area contributed by atoms with Gasteiger partial charge in [-0.05, 0) is 30.9 Å². The molecule has 1 aromatic rings. The van der Waals surface area contributed by atoms with Crippen LogP contribution in [-0.2, 0) is 0 Å². The minimum absolute atomic E-state index is 0.0240. The Morgan fingerprint density at radius 2 is 2.19 bits per heavy atom. The third-order valence-electron chi connectivity index (χ3n) is 2.48. The molecule has 90 valence electrons. The zero-order valence-corrected chi connectivity index (χ0v) is 10.9. The van der Waals surface area contributed by atoms with Crippen LogP contribution in [0.15, 0.2) is 12.1 Å². The van der Waals surface area contributed by atoms with Crippen LogP contribution in [0.3, 0.4) is 0 Å². The molecule has 2 N–H and O–H groups in total. The third kappa shape index (κ3) is 3.94. The molecule has 0 atom stereocenters. The number of aliphatic hydroxyl groups is 1. The zero-order valence-electron chi connectivity index (χ0n) is 10.0. The van der Waals surface area contributed by atoms with Gasteiger partial charge >= 0.3 is 0 Å². The molecule has 1 heterocycles. The summed E-state index contributed by atoms with van der Waals surface area (Å²) in [6.07, 6.45) is 0.691. The van der Waals surface area contributed by atoms with Crippen molar-refractivity contribution in [2.24, 2.45) is 5.41 Å². The number of thiophene rings is 1. The Morgan fingerprint density at radius 3 is 2.69 bits per heavy atom. The normalized spacial score (nSPS) is 11.5. The first-order chi connectivity index (χ1) is 7.44. The molecule has 16 heavy (non-hydrogen) atoms. The lowest BCUT2D eigenvalue weighted by molar-refractivity contribution is 0.0932. The summed E-state index contributed by atoms with van der Waals surface area (Å²) in [6, 6.07) is 3.78. The smallest absolute Gasteiger partial charge is 0.261 e. The number of hydrogen-bond donors (Lipinski definition) is 2. The van der Waals surface area contributed by atoms with Crippen LogP contribution in [-0.4, -0.2) is 24.2 Å². The highest BCUT2D eigenvalue weighted by molar-refractivity contribution is 7.13. The molecule has 1 aromatic heterocycles. The van der Waals surface area contributed by atoms with E-state index in [-0.39, 0.29) is 17.9 Å². The standard InChI is InChI=1S/C12H19NO2S/c1-9-4-5-10(16-9)11(15)13-8-12(2,3)6-7-14/h4-5,14H,6-8H2,1-3H3,(H,13,15). The maximum absolute atomic E-state index is 11.7. The van der Waals surface area contributed by atoms with Gasteiger partial charge in [0.25, 0.3) is 5.91 Å². The number of rotatable bonds is 5. The van der Waals surface area contributed by atoms with Crippen molar-refractivity contribution in [2.45, 2.75) is 27.2 Å². The van der Waals surface area contributed by atoms with Crippen LogP contribution in [0, 0.1) is 12.3 Å². The summed E-state index contributed by atoms with van der Waals surface area (Å²) in [5.74, 6) is -0.0240. The van der Waals surface area contributed by atoms with Crippen molar-refractivity contribution >= 4 is 17.2 Å². The van der Waals surface area contributed by atoms with Gasteiger partial charge < -0.3 is 10.4 Å². The van der Waals surface area contributed by atoms with E-state index in [2.05, 4.69) is 5.32 Å². The summed E-state index contributed by atoms with van der Waals surface area (Å²) < 4.78 is 0. The second kappa shape index (κ2) is 5.46. The topological polar surface area (TPSA) is 49.3 Å². The lowest BCUT2D eigenvalue weighted by Crippen LogP contribution is -2.34. The summed E-state index contributed by atoms with van der Waals surface area (Å²) >= 11 is 1.50. The SMILES string of the molecule is Cc1ccc(C(=O)NCC(C)(C)CCO)s1. The first-order valence-electron chi connectivity index (χ1n) is 5.40. The number of aryl methyl sites for hydroxylation is 1. The van der Waals surface area contributed by atoms with Crippen LogP contribution < -0.4 is 5.32 Å². The molecule has 0 aromatic carbocycles. The van der Waals surface area contributed by atoms with E-state index >= 15 is 0 Å². The largest absolute Gasteiger partial charge is 0.396 e. The Kier molecular flexibility index (Phi) is 4.50. The molecule has 4 heteroatoms. The number of carbonyl (C=O) groups is 1. The number of nitrogens with one attached hydrogen (secondary N) is 1. The Bertz CT molecular complexity index is 358. The Balaban J connectivity index is 2.47. The highest BCUT2D eigenvalue weighted by atomic mass is 32.1. The molecule has 0 aliphatic heterocycles. The minimum Gasteiger partial charge on any atom is -0.396 e. The molecule has 1 rings (SSSR count). The van der Waals surface area contributed by atoms with E-state index in [1.165, 1.54) is 11.3 Å². The summed E-state index contributed by atoms with van der Waals surface area (Å²) in [6.45, 7) is 6.79. The van der Waals surface area contributed by atoms with Crippen molar-refractivity contribution in [3.05, 3.63) is 21.9 Å². The zero-order chi connectivity index (χ0) is 12.2. The molecular formula is C12H19NO2S. The molecular weight excluding hydrogens is 222 g/mol. The number of amides is 1. The van der Waals surface area contributed by atoms with Crippen molar-refractivity contribution in [3.63, 3.8) is 0 Å². The van der Waals surface area contributed by atoms with E-state index in [1.807, 2.05) is 32.9 Å². The molecule has 1 amide bonds. The molecule has 0 unspecified atom stereocenters. The van der Waals surface area contributed by atoms with Gasteiger partial charge in [0.05, 0.1) is 4.88 Å². The number of hydrogen-bond acceptors (Lipinski definition) is 3. The van der Waals surface area contributed by atoms with E-state index in [0.29, 0.717) is 13.0 Å². The van der Waals surface area contributed by atoms with Crippen LogP contribution >= 0.6 is 11.3 Å². The first kappa shape index (κ1) is 13.2. The fourth-order valence-corrected chi connectivity index (χ4v) is 2.14. The van der Waals surface area contributed by atoms with Gasteiger partial charge in [-0.1, -0.05) is 13.8 Å². The summed E-state index contributed by atoms with van der Waals surface area (Å²) in [4.78, 5) is 13.6. The van der Waals surface area contributed by atoms with E-state index in [9.17, 15) is 4.79 Å². The van der Waals surface area contributed by atoms with Gasteiger partial charge in [-0.3, -0.25) is 4.79 Å². The van der Waals surface area contributed by atoms with E-state index in [1.54, 1.807) is 0 Å². The van der Waals surface area contributed by atoms with Gasteiger partial charge in [-0.25, -0.2) is 0 Å². The van der Waals surface area contributed by atoms with Crippen LogP contribution in [0.5, 0.6) is 0 Å². The third-order valence-corrected chi connectivity index (χ3v) is 3.48. The second-order valence-corrected chi connectivity index (χ2v) is 6.02. The van der Waals surface area contributed by atoms with Gasteiger partial charge in [0.1, 0.15) is 0 Å². The number of aliphatic hydroxyl groups excluding tert-OH is 1. The quantitative estimate of drug-likeness (QED) is 0.830. The molecule has 0 spiro atoms. The maximum Gasteiger partial charge on any atom is 0.261 e. The Morgan fingerprint density at radius 1 is 1.50 bits per heavy atom. The molecule has 0 aliphatic rings. The average Bonchev–Trinajstić information content (AvgIpc) is 2.61. The molecule has 0 fully saturated rings. The van der Waals surface area contributed by atoms with Crippen LogP contribution in [0.2, 0.25) is 0 Å². The Hall–Kier alpha value is -0.870. The molecule has 0 bridgehead atoms. The van der Waals surface area contributed by atoms with Crippen molar-refractivity contribution in [2.75, 3.05) is 13.2 Å². The molecule has 0 aliphatic carbocycles. The summed E-state index contributed by atoms with van der Waals surface area (Å²) in [5, 5.41) is 11.8. The fraction of sp³-hybridized carbons (Fsp3) is 0.583. The summed E-state index contributed by atoms with van der Waals surface area (Å²) in [5.41, 5.74) is -0.0588. The van der Waals surface area contributed by atoms with Crippen molar-refractivity contribution in [3.8, 4) is 0 Å². The highest BCUT2D eigenvalue weighted by Crippen LogP contribution is 2.19. The fourth-order valence-electron chi connectivity index (χ4n) is 1.35. The van der Waals surface area contributed by atoms with E-state index < -0.39 is 0 Å². The van der Waals surface area contributed by atoms with Crippen molar-refractivity contribution < 1.29 is 9.90 Å². The van der Waals surface area contributed by atoms with Gasteiger partial charge in [-0.15, -0.1) is 11.3 Å². The van der Waals surface area contributed by atoms with Crippen LogP contribution in [0.25, 0.3) is 0 Å². The first-order valence-corrected chi connectivity index (χ1v) is 6.22. The Labute approximate surface area is 100 Å². The maximum atomic E-state index is 11.7. The monoisotopic (exact) mass is 241 g/mol. The molecule has 0 saturated heterocycles. The van der Waals surface area contributed by atoms with Crippen LogP contribution in [0.4, 0.5) is 0 Å². The second-order valence-electron chi connectivity index (χ2n) is 4.73. The van der Waals surface area contributed by atoms with Gasteiger partial charge in [0, 0.05) is 18.0 Å². The van der Waals surface area contributed by atoms with Gasteiger partial charge in [0.2, 0.25) is 0 Å². The average molecular weight is 241 g/mol. The molecule has 3 nitrogen and oxygen atoms in total. The summed E-state index contributed by atoms with van der Waals surface area (Å²) in [7, 11) is 0. The minimum atomic E-state index is -0.0588. The molecule has 0 radical (unpaired) electrons. The lowest BCUT2D eigenvalue weighted by atomic mass is 9.90. The predicted molar refractivity (Wildman–Crippen MR) is 66.9 cm³/mol. The van der Waals surface area contributed by atoms with Gasteiger partial charge in [-0.2, -0.15) is 0 Å². The van der Waals surface area contributed by atoms with E-state index in [4.69, 9.17) is 5.11 Å². The van der Waals surface area contributed by atoms with Gasteiger partial charge in [0.15, 0.2) is 0 Å².